The number of hydrogen-bond acceptors (Lipinski definition) is 3. The lowest BCUT2D eigenvalue weighted by molar-refractivity contribution is 0.669. The van der Waals surface area contributed by atoms with Gasteiger partial charge in [-0.3, -0.25) is 5.41 Å². The van der Waals surface area contributed by atoms with E-state index in [0.717, 1.165) is 23.4 Å². The molecule has 0 saturated heterocycles. The first-order valence-corrected chi connectivity index (χ1v) is 7.53. The molecular weight excluding hydrogens is 242 g/mol. The highest BCUT2D eigenvalue weighted by molar-refractivity contribution is 7.98. The lowest BCUT2D eigenvalue weighted by atomic mass is 10.1. The molecule has 1 unspecified atom stereocenters. The van der Waals surface area contributed by atoms with Crippen LogP contribution in [0.1, 0.15) is 24.5 Å². The minimum atomic E-state index is 0.133. The predicted octanol–water partition coefficient (Wildman–Crippen LogP) is 2.86. The molecule has 0 heterocycles. The molecule has 3 nitrogen and oxygen atoms in total. The van der Waals surface area contributed by atoms with Crippen LogP contribution in [0.3, 0.4) is 0 Å². The molecule has 0 aliphatic rings. The molecule has 0 aliphatic heterocycles. The van der Waals surface area contributed by atoms with Gasteiger partial charge >= 0.3 is 0 Å². The fraction of sp³-hybridized carbons (Fsp3) is 0.500. The highest BCUT2D eigenvalue weighted by Gasteiger charge is 2.14. The molecule has 3 N–H and O–H groups in total. The fourth-order valence-corrected chi connectivity index (χ4v) is 2.46. The first-order valence-electron chi connectivity index (χ1n) is 6.14. The highest BCUT2D eigenvalue weighted by Crippen LogP contribution is 2.24. The topological polar surface area (TPSA) is 53.1 Å². The maximum Gasteiger partial charge on any atom is 0.124 e. The second-order valence-electron chi connectivity index (χ2n) is 4.68. The SMILES string of the molecule is CSCCC(C)N(C)c1cc(C)ccc1C(=N)N. The van der Waals surface area contributed by atoms with Crippen LogP contribution in [0.15, 0.2) is 18.2 Å². The Hall–Kier alpha value is -1.16. The van der Waals surface area contributed by atoms with Gasteiger partial charge in [-0.2, -0.15) is 11.8 Å². The number of nitrogens with zero attached hydrogens (tertiary/aromatic N) is 1. The second kappa shape index (κ2) is 6.69. The molecular formula is C14H23N3S. The number of rotatable bonds is 6. The quantitative estimate of drug-likeness (QED) is 0.614. The number of nitrogens with one attached hydrogen (secondary N) is 1. The van der Waals surface area contributed by atoms with Crippen molar-refractivity contribution in [2.24, 2.45) is 5.73 Å². The van der Waals surface area contributed by atoms with E-state index < -0.39 is 0 Å². The van der Waals surface area contributed by atoms with E-state index in [4.69, 9.17) is 11.1 Å². The van der Waals surface area contributed by atoms with Crippen LogP contribution in [0.2, 0.25) is 0 Å². The van der Waals surface area contributed by atoms with Crippen LogP contribution in [-0.2, 0) is 0 Å². The smallest absolute Gasteiger partial charge is 0.124 e. The Labute approximate surface area is 114 Å². The Morgan fingerprint density at radius 2 is 2.17 bits per heavy atom. The Bertz CT molecular complexity index is 418. The monoisotopic (exact) mass is 265 g/mol. The van der Waals surface area contributed by atoms with Crippen molar-refractivity contribution in [2.75, 3.05) is 24.0 Å². The van der Waals surface area contributed by atoms with Crippen molar-refractivity contribution in [1.29, 1.82) is 5.41 Å². The molecule has 1 aromatic rings. The van der Waals surface area contributed by atoms with Crippen LogP contribution < -0.4 is 10.6 Å². The van der Waals surface area contributed by atoms with Gasteiger partial charge in [0.1, 0.15) is 5.84 Å². The second-order valence-corrected chi connectivity index (χ2v) is 5.66. The number of nitrogens with two attached hydrogens (primary N) is 1. The predicted molar refractivity (Wildman–Crippen MR) is 83.1 cm³/mol. The van der Waals surface area contributed by atoms with E-state index in [9.17, 15) is 0 Å². The molecule has 1 atom stereocenters. The van der Waals surface area contributed by atoms with Gasteiger partial charge in [0, 0.05) is 24.3 Å². The van der Waals surface area contributed by atoms with Crippen molar-refractivity contribution in [3.63, 3.8) is 0 Å². The molecule has 0 aromatic heterocycles. The molecule has 0 bridgehead atoms. The van der Waals surface area contributed by atoms with Crippen LogP contribution in [0, 0.1) is 12.3 Å². The standard InChI is InChI=1S/C14H23N3S/c1-10-5-6-12(14(15)16)13(9-10)17(3)11(2)7-8-18-4/h5-6,9,11H,7-8H2,1-4H3,(H3,15,16). The van der Waals surface area contributed by atoms with Gasteiger partial charge in [0.05, 0.1) is 0 Å². The summed E-state index contributed by atoms with van der Waals surface area (Å²) in [7, 11) is 2.08. The number of hydrogen-bond donors (Lipinski definition) is 2. The average Bonchev–Trinajstić information content (AvgIpc) is 2.34. The number of nitrogen functional groups attached to an aromatic ring is 1. The van der Waals surface area contributed by atoms with E-state index in [1.54, 1.807) is 0 Å². The molecule has 0 aliphatic carbocycles. The van der Waals surface area contributed by atoms with Gasteiger partial charge in [-0.1, -0.05) is 6.07 Å². The molecule has 1 rings (SSSR count). The van der Waals surface area contributed by atoms with Gasteiger partial charge in [0.25, 0.3) is 0 Å². The summed E-state index contributed by atoms with van der Waals surface area (Å²) in [4.78, 5) is 2.22. The summed E-state index contributed by atoms with van der Waals surface area (Å²) in [5.41, 5.74) is 8.72. The van der Waals surface area contributed by atoms with Crippen molar-refractivity contribution in [2.45, 2.75) is 26.3 Å². The van der Waals surface area contributed by atoms with Gasteiger partial charge < -0.3 is 10.6 Å². The van der Waals surface area contributed by atoms with Crippen LogP contribution >= 0.6 is 11.8 Å². The minimum Gasteiger partial charge on any atom is -0.384 e. The normalized spacial score (nSPS) is 12.2. The molecule has 0 spiro atoms. The molecule has 0 saturated carbocycles. The molecule has 0 radical (unpaired) electrons. The molecule has 18 heavy (non-hydrogen) atoms. The highest BCUT2D eigenvalue weighted by atomic mass is 32.2. The summed E-state index contributed by atoms with van der Waals surface area (Å²) in [6.45, 7) is 4.27. The largest absolute Gasteiger partial charge is 0.384 e. The number of thioether (sulfide) groups is 1. The van der Waals surface area contributed by atoms with Crippen LogP contribution in [0.4, 0.5) is 5.69 Å². The maximum atomic E-state index is 7.67. The molecule has 1 aromatic carbocycles. The van der Waals surface area contributed by atoms with E-state index in [2.05, 4.69) is 38.1 Å². The number of anilines is 1. The van der Waals surface area contributed by atoms with Crippen molar-refractivity contribution in [3.05, 3.63) is 29.3 Å². The summed E-state index contributed by atoms with van der Waals surface area (Å²) in [6, 6.07) is 6.48. The lowest BCUT2D eigenvalue weighted by Gasteiger charge is -2.29. The van der Waals surface area contributed by atoms with Gasteiger partial charge in [0.15, 0.2) is 0 Å². The summed E-state index contributed by atoms with van der Waals surface area (Å²) in [5.74, 6) is 1.28. The Kier molecular flexibility index (Phi) is 5.54. The summed E-state index contributed by atoms with van der Waals surface area (Å²) < 4.78 is 0. The van der Waals surface area contributed by atoms with E-state index in [0.29, 0.717) is 6.04 Å². The fourth-order valence-electron chi connectivity index (χ4n) is 1.88. The summed E-state index contributed by atoms with van der Waals surface area (Å²) in [6.07, 6.45) is 3.25. The number of benzene rings is 1. The lowest BCUT2D eigenvalue weighted by Crippen LogP contribution is -2.31. The zero-order valence-corrected chi connectivity index (χ0v) is 12.5. The van der Waals surface area contributed by atoms with E-state index >= 15 is 0 Å². The number of amidine groups is 1. The molecule has 4 heteroatoms. The first-order chi connectivity index (χ1) is 8.47. The first kappa shape index (κ1) is 14.9. The van der Waals surface area contributed by atoms with Crippen LogP contribution in [0.25, 0.3) is 0 Å². The number of aryl methyl sites for hydroxylation is 1. The zero-order chi connectivity index (χ0) is 13.7. The van der Waals surface area contributed by atoms with Crippen molar-refractivity contribution >= 4 is 23.3 Å². The molecule has 0 amide bonds. The third-order valence-electron chi connectivity index (χ3n) is 3.22. The Morgan fingerprint density at radius 3 is 2.72 bits per heavy atom. The summed E-state index contributed by atoms with van der Waals surface area (Å²) >= 11 is 1.86. The van der Waals surface area contributed by atoms with Crippen molar-refractivity contribution < 1.29 is 0 Å². The van der Waals surface area contributed by atoms with E-state index in [1.807, 2.05) is 23.9 Å². The van der Waals surface area contributed by atoms with Crippen molar-refractivity contribution in [1.82, 2.24) is 0 Å². The molecule has 100 valence electrons. The third kappa shape index (κ3) is 3.67. The Balaban J connectivity index is 2.99. The maximum absolute atomic E-state index is 7.67. The third-order valence-corrected chi connectivity index (χ3v) is 3.87. The van der Waals surface area contributed by atoms with Crippen molar-refractivity contribution in [3.8, 4) is 0 Å². The van der Waals surface area contributed by atoms with Crippen LogP contribution in [-0.4, -0.2) is 30.9 Å². The van der Waals surface area contributed by atoms with Gasteiger partial charge in [0.2, 0.25) is 0 Å². The van der Waals surface area contributed by atoms with Gasteiger partial charge in [-0.15, -0.1) is 0 Å². The summed E-state index contributed by atoms with van der Waals surface area (Å²) in [5, 5.41) is 7.67. The average molecular weight is 265 g/mol. The molecule has 0 fully saturated rings. The zero-order valence-electron chi connectivity index (χ0n) is 11.7. The Morgan fingerprint density at radius 1 is 1.50 bits per heavy atom. The van der Waals surface area contributed by atoms with Gasteiger partial charge in [-0.05, 0) is 50.0 Å². The van der Waals surface area contributed by atoms with Crippen LogP contribution in [0.5, 0.6) is 0 Å². The van der Waals surface area contributed by atoms with Gasteiger partial charge in [-0.25, -0.2) is 0 Å². The van der Waals surface area contributed by atoms with E-state index in [-0.39, 0.29) is 5.84 Å². The van der Waals surface area contributed by atoms with E-state index in [1.165, 1.54) is 5.56 Å². The minimum absolute atomic E-state index is 0.133.